The van der Waals surface area contributed by atoms with Crippen LogP contribution in [0.1, 0.15) is 19.3 Å². The molecule has 5 heteroatoms. The number of carbonyl (C=O) groups is 1. The Kier molecular flexibility index (Phi) is 4.69. The molecule has 0 aliphatic heterocycles. The molecule has 0 aliphatic carbocycles. The molecule has 1 amide bonds. The van der Waals surface area contributed by atoms with E-state index in [4.69, 9.17) is 10.2 Å². The normalized spacial score (nSPS) is 10.4. The molecule has 0 unspecified atom stereocenters. The number of nitrogens with two attached hydrogens (primary N) is 1. The fraction of sp³-hybridized carbons (Fsp3) is 0.286. The van der Waals surface area contributed by atoms with Gasteiger partial charge in [-0.05, 0) is 31.5 Å². The van der Waals surface area contributed by atoms with E-state index in [2.05, 4.69) is 10.3 Å². The Morgan fingerprint density at radius 1 is 1.37 bits per heavy atom. The highest BCUT2D eigenvalue weighted by atomic mass is 16.3. The lowest BCUT2D eigenvalue weighted by atomic mass is 10.1. The highest BCUT2D eigenvalue weighted by molar-refractivity contribution is 5.91. The molecule has 0 radical (unpaired) electrons. The molecule has 0 fully saturated rings. The van der Waals surface area contributed by atoms with Crippen molar-refractivity contribution in [1.82, 2.24) is 4.98 Å². The zero-order chi connectivity index (χ0) is 13.5. The van der Waals surface area contributed by atoms with Gasteiger partial charge in [0.15, 0.2) is 12.2 Å². The Morgan fingerprint density at radius 3 is 3.00 bits per heavy atom. The number of nitrogens with zero attached hydrogens (tertiary/aromatic N) is 1. The molecule has 0 atom stereocenters. The Hall–Kier alpha value is -2.14. The number of carbonyl (C=O) groups excluding carboxylic acids is 1. The minimum absolute atomic E-state index is 0.00294. The molecule has 0 bridgehead atoms. The van der Waals surface area contributed by atoms with Crippen molar-refractivity contribution in [2.75, 3.05) is 11.9 Å². The first kappa shape index (κ1) is 13.3. The third kappa shape index (κ3) is 3.93. The third-order valence-corrected chi connectivity index (χ3v) is 2.72. The third-order valence-electron chi connectivity index (χ3n) is 2.72. The molecular weight excluding hydrogens is 242 g/mol. The topological polar surface area (TPSA) is 81.2 Å². The molecule has 1 heterocycles. The maximum absolute atomic E-state index is 11.7. The summed E-state index contributed by atoms with van der Waals surface area (Å²) in [5.74, 6) is 0.683. The molecule has 3 N–H and O–H groups in total. The average molecular weight is 259 g/mol. The van der Waals surface area contributed by atoms with E-state index in [1.807, 2.05) is 24.3 Å². The summed E-state index contributed by atoms with van der Waals surface area (Å²) in [4.78, 5) is 15.6. The van der Waals surface area contributed by atoms with Crippen molar-refractivity contribution in [2.45, 2.75) is 19.3 Å². The molecule has 1 aromatic carbocycles. The van der Waals surface area contributed by atoms with E-state index in [1.54, 1.807) is 6.20 Å². The summed E-state index contributed by atoms with van der Waals surface area (Å²) in [5, 5.41) is 2.86. The van der Waals surface area contributed by atoms with Crippen LogP contribution < -0.4 is 11.1 Å². The number of anilines is 1. The van der Waals surface area contributed by atoms with Crippen LogP contribution in [0.2, 0.25) is 0 Å². The van der Waals surface area contributed by atoms with Crippen LogP contribution in [0, 0.1) is 0 Å². The summed E-state index contributed by atoms with van der Waals surface area (Å²) in [7, 11) is 0. The number of rotatable bonds is 6. The molecule has 100 valence electrons. The average Bonchev–Trinajstić information content (AvgIpc) is 2.93. The molecule has 0 aliphatic rings. The number of hydrogen-bond acceptors (Lipinski definition) is 4. The van der Waals surface area contributed by atoms with Crippen LogP contribution in [0.25, 0.3) is 11.3 Å². The molecule has 19 heavy (non-hydrogen) atoms. The lowest BCUT2D eigenvalue weighted by molar-refractivity contribution is -0.116. The first-order valence-corrected chi connectivity index (χ1v) is 6.28. The van der Waals surface area contributed by atoms with Crippen LogP contribution in [-0.4, -0.2) is 17.4 Å². The second-order valence-corrected chi connectivity index (χ2v) is 4.24. The molecule has 0 spiro atoms. The van der Waals surface area contributed by atoms with Crippen molar-refractivity contribution >= 4 is 11.6 Å². The van der Waals surface area contributed by atoms with Crippen molar-refractivity contribution in [3.63, 3.8) is 0 Å². The molecule has 5 nitrogen and oxygen atoms in total. The fourth-order valence-electron chi connectivity index (χ4n) is 1.76. The van der Waals surface area contributed by atoms with Gasteiger partial charge in [0.05, 0.1) is 6.20 Å². The summed E-state index contributed by atoms with van der Waals surface area (Å²) in [5.41, 5.74) is 7.04. The molecular formula is C14H17N3O2. The van der Waals surface area contributed by atoms with Crippen LogP contribution in [0.4, 0.5) is 5.69 Å². The summed E-state index contributed by atoms with van der Waals surface area (Å²) in [6.07, 6.45) is 5.19. The maximum atomic E-state index is 11.7. The van der Waals surface area contributed by atoms with Crippen molar-refractivity contribution in [1.29, 1.82) is 0 Å². The van der Waals surface area contributed by atoms with Gasteiger partial charge in [0.25, 0.3) is 0 Å². The largest absolute Gasteiger partial charge is 0.444 e. The van der Waals surface area contributed by atoms with E-state index < -0.39 is 0 Å². The van der Waals surface area contributed by atoms with Crippen LogP contribution in [0.5, 0.6) is 0 Å². The predicted molar refractivity (Wildman–Crippen MR) is 73.5 cm³/mol. The Morgan fingerprint density at radius 2 is 2.26 bits per heavy atom. The maximum Gasteiger partial charge on any atom is 0.224 e. The number of amides is 1. The zero-order valence-corrected chi connectivity index (χ0v) is 10.6. The van der Waals surface area contributed by atoms with Crippen molar-refractivity contribution in [3.8, 4) is 11.3 Å². The zero-order valence-electron chi connectivity index (χ0n) is 10.6. The summed E-state index contributed by atoms with van der Waals surface area (Å²) in [6.45, 7) is 0.619. The monoisotopic (exact) mass is 259 g/mol. The van der Waals surface area contributed by atoms with Gasteiger partial charge in [-0.3, -0.25) is 4.79 Å². The van der Waals surface area contributed by atoms with E-state index in [-0.39, 0.29) is 5.91 Å². The quantitative estimate of drug-likeness (QED) is 0.780. The Balaban J connectivity index is 1.97. The van der Waals surface area contributed by atoms with Gasteiger partial charge in [0, 0.05) is 17.7 Å². The van der Waals surface area contributed by atoms with Gasteiger partial charge >= 0.3 is 0 Å². The van der Waals surface area contributed by atoms with Gasteiger partial charge in [-0.1, -0.05) is 12.1 Å². The summed E-state index contributed by atoms with van der Waals surface area (Å²) in [6, 6.07) is 7.49. The number of unbranched alkanes of at least 4 members (excludes halogenated alkanes) is 1. The minimum atomic E-state index is 0.00294. The van der Waals surface area contributed by atoms with Gasteiger partial charge in [0.1, 0.15) is 0 Å². The first-order chi connectivity index (χ1) is 9.29. The SMILES string of the molecule is NCCCCC(=O)Nc1cccc(-c2cnco2)c1. The number of nitrogens with one attached hydrogen (secondary N) is 1. The Labute approximate surface area is 111 Å². The lowest BCUT2D eigenvalue weighted by Crippen LogP contribution is -2.11. The predicted octanol–water partition coefficient (Wildman–Crippen LogP) is 2.41. The molecule has 0 saturated carbocycles. The minimum Gasteiger partial charge on any atom is -0.444 e. The number of benzene rings is 1. The number of hydrogen-bond donors (Lipinski definition) is 2. The van der Waals surface area contributed by atoms with Crippen molar-refractivity contribution in [2.24, 2.45) is 5.73 Å². The van der Waals surface area contributed by atoms with E-state index in [0.717, 1.165) is 24.1 Å². The highest BCUT2D eigenvalue weighted by Crippen LogP contribution is 2.22. The first-order valence-electron chi connectivity index (χ1n) is 6.28. The molecule has 2 aromatic rings. The van der Waals surface area contributed by atoms with Crippen LogP contribution >= 0.6 is 0 Å². The van der Waals surface area contributed by atoms with Crippen molar-refractivity contribution in [3.05, 3.63) is 36.9 Å². The van der Waals surface area contributed by atoms with Gasteiger partial charge in [-0.2, -0.15) is 0 Å². The second kappa shape index (κ2) is 6.70. The van der Waals surface area contributed by atoms with Crippen LogP contribution in [0.15, 0.2) is 41.3 Å². The highest BCUT2D eigenvalue weighted by Gasteiger charge is 2.05. The van der Waals surface area contributed by atoms with E-state index in [9.17, 15) is 4.79 Å². The molecule has 1 aromatic heterocycles. The molecule has 2 rings (SSSR count). The van der Waals surface area contributed by atoms with E-state index in [0.29, 0.717) is 18.7 Å². The smallest absolute Gasteiger partial charge is 0.224 e. The van der Waals surface area contributed by atoms with Gasteiger partial charge in [0.2, 0.25) is 5.91 Å². The van der Waals surface area contributed by atoms with Gasteiger partial charge in [-0.15, -0.1) is 0 Å². The van der Waals surface area contributed by atoms with Gasteiger partial charge in [-0.25, -0.2) is 4.98 Å². The Bertz CT molecular complexity index is 523. The number of oxazole rings is 1. The van der Waals surface area contributed by atoms with Gasteiger partial charge < -0.3 is 15.5 Å². The molecule has 0 saturated heterocycles. The standard InChI is InChI=1S/C14H17N3O2/c15-7-2-1-6-14(18)17-12-5-3-4-11(8-12)13-9-16-10-19-13/h3-5,8-10H,1-2,6-7,15H2,(H,17,18). The van der Waals surface area contributed by atoms with Crippen molar-refractivity contribution < 1.29 is 9.21 Å². The van der Waals surface area contributed by atoms with Crippen LogP contribution in [0.3, 0.4) is 0 Å². The number of aromatic nitrogens is 1. The lowest BCUT2D eigenvalue weighted by Gasteiger charge is -2.06. The van der Waals surface area contributed by atoms with E-state index in [1.165, 1.54) is 6.39 Å². The van der Waals surface area contributed by atoms with E-state index >= 15 is 0 Å². The van der Waals surface area contributed by atoms with Crippen LogP contribution in [-0.2, 0) is 4.79 Å². The fourth-order valence-corrected chi connectivity index (χ4v) is 1.76. The summed E-state index contributed by atoms with van der Waals surface area (Å²) < 4.78 is 5.22. The summed E-state index contributed by atoms with van der Waals surface area (Å²) >= 11 is 0. The second-order valence-electron chi connectivity index (χ2n) is 4.24.